The summed E-state index contributed by atoms with van der Waals surface area (Å²) in [4.78, 5) is 9.27. The molecule has 1 aliphatic heterocycles. The zero-order valence-electron chi connectivity index (χ0n) is 7.71. The Morgan fingerprint density at radius 2 is 2.50 bits per heavy atom. The third kappa shape index (κ3) is 3.53. The maximum Gasteiger partial charge on any atom is 0.0768 e. The quantitative estimate of drug-likeness (QED) is 0.650. The van der Waals surface area contributed by atoms with Gasteiger partial charge in [-0.15, -0.1) is 0 Å². The Kier molecular flexibility index (Phi) is 3.80. The predicted octanol–water partition coefficient (Wildman–Crippen LogP) is 1.87. The lowest BCUT2D eigenvalue weighted by atomic mass is 10.2. The van der Waals surface area contributed by atoms with Crippen LogP contribution in [-0.4, -0.2) is 12.8 Å². The largest absolute Gasteiger partial charge is 0.276 e. The molecule has 0 aromatic carbocycles. The van der Waals surface area contributed by atoms with Gasteiger partial charge in [0.2, 0.25) is 0 Å². The molecular formula is C9H16N2O. The minimum atomic E-state index is 0.560. The van der Waals surface area contributed by atoms with Crippen LogP contribution in [0.15, 0.2) is 16.9 Å². The first kappa shape index (κ1) is 9.26. The smallest absolute Gasteiger partial charge is 0.0768 e. The number of rotatable bonds is 4. The highest BCUT2D eigenvalue weighted by atomic mass is 16.6. The molecule has 3 nitrogen and oxygen atoms in total. The van der Waals surface area contributed by atoms with Gasteiger partial charge in [0.1, 0.15) is 0 Å². The van der Waals surface area contributed by atoms with Gasteiger partial charge in [0.05, 0.1) is 12.3 Å². The van der Waals surface area contributed by atoms with E-state index in [2.05, 4.69) is 24.3 Å². The number of hydrogen-bond acceptors (Lipinski definition) is 3. The number of hydrogen-bond donors (Lipinski definition) is 1. The van der Waals surface area contributed by atoms with E-state index in [9.17, 15) is 0 Å². The van der Waals surface area contributed by atoms with Gasteiger partial charge in [0.25, 0.3) is 0 Å². The summed E-state index contributed by atoms with van der Waals surface area (Å²) >= 11 is 0. The van der Waals surface area contributed by atoms with Crippen LogP contribution in [0.4, 0.5) is 0 Å². The van der Waals surface area contributed by atoms with Gasteiger partial charge in [-0.05, 0) is 18.8 Å². The fourth-order valence-electron chi connectivity index (χ4n) is 0.880. The third-order valence-electron chi connectivity index (χ3n) is 1.50. The van der Waals surface area contributed by atoms with E-state index < -0.39 is 0 Å². The zero-order chi connectivity index (χ0) is 8.81. The first-order chi connectivity index (χ1) is 5.79. The second-order valence-electron chi connectivity index (χ2n) is 3.33. The van der Waals surface area contributed by atoms with Crippen molar-refractivity contribution in [2.45, 2.75) is 26.7 Å². The molecule has 1 rings (SSSR count). The van der Waals surface area contributed by atoms with Crippen molar-refractivity contribution in [3.63, 3.8) is 0 Å². The molecule has 3 heteroatoms. The van der Waals surface area contributed by atoms with Crippen molar-refractivity contribution >= 4 is 6.21 Å². The molecule has 1 heterocycles. The summed E-state index contributed by atoms with van der Waals surface area (Å²) < 4.78 is 0. The summed E-state index contributed by atoms with van der Waals surface area (Å²) in [6, 6.07) is 0. The fourth-order valence-corrected chi connectivity index (χ4v) is 0.880. The van der Waals surface area contributed by atoms with Gasteiger partial charge in [-0.25, -0.2) is 0 Å². The standard InChI is InChI=1S/C9H16N2O/c1-8(2)7-12-11-9-4-3-5-10-6-9/h5-6,8,11H,3-4,7H2,1-2H3. The molecular weight excluding hydrogens is 152 g/mol. The van der Waals surface area contributed by atoms with Gasteiger partial charge in [0, 0.05) is 12.4 Å². The van der Waals surface area contributed by atoms with Gasteiger partial charge < -0.3 is 0 Å². The van der Waals surface area contributed by atoms with Crippen LogP contribution >= 0.6 is 0 Å². The Balaban J connectivity index is 2.14. The van der Waals surface area contributed by atoms with E-state index in [1.54, 1.807) is 0 Å². The molecule has 0 spiro atoms. The molecule has 0 saturated heterocycles. The number of nitrogens with one attached hydrogen (secondary N) is 1. The lowest BCUT2D eigenvalue weighted by Gasteiger charge is -2.12. The maximum absolute atomic E-state index is 5.24. The van der Waals surface area contributed by atoms with Crippen molar-refractivity contribution in [3.8, 4) is 0 Å². The van der Waals surface area contributed by atoms with Crippen molar-refractivity contribution in [1.82, 2.24) is 5.48 Å². The molecule has 0 unspecified atom stereocenters. The fraction of sp³-hybridized carbons (Fsp3) is 0.667. The van der Waals surface area contributed by atoms with Crippen LogP contribution in [0.2, 0.25) is 0 Å². The minimum absolute atomic E-state index is 0.560. The second-order valence-corrected chi connectivity index (χ2v) is 3.33. The summed E-state index contributed by atoms with van der Waals surface area (Å²) in [5, 5.41) is 0. The highest BCUT2D eigenvalue weighted by Crippen LogP contribution is 2.05. The van der Waals surface area contributed by atoms with Crippen molar-refractivity contribution in [3.05, 3.63) is 11.9 Å². The number of aliphatic imine (C=N–C) groups is 1. The Labute approximate surface area is 73.5 Å². The molecule has 0 fully saturated rings. The summed E-state index contributed by atoms with van der Waals surface area (Å²) in [6.07, 6.45) is 5.73. The highest BCUT2D eigenvalue weighted by molar-refractivity contribution is 5.59. The van der Waals surface area contributed by atoms with Crippen molar-refractivity contribution < 1.29 is 4.84 Å². The average molecular weight is 168 g/mol. The predicted molar refractivity (Wildman–Crippen MR) is 49.7 cm³/mol. The molecule has 0 bridgehead atoms. The summed E-state index contributed by atoms with van der Waals surface area (Å²) in [5.74, 6) is 0.560. The third-order valence-corrected chi connectivity index (χ3v) is 1.50. The van der Waals surface area contributed by atoms with Crippen LogP contribution in [0.1, 0.15) is 26.7 Å². The molecule has 0 aromatic heterocycles. The van der Waals surface area contributed by atoms with Gasteiger partial charge in [0.15, 0.2) is 0 Å². The summed E-state index contributed by atoms with van der Waals surface area (Å²) in [5.41, 5.74) is 3.97. The normalized spacial score (nSPS) is 16.4. The molecule has 0 saturated carbocycles. The van der Waals surface area contributed by atoms with Crippen LogP contribution in [-0.2, 0) is 4.84 Å². The van der Waals surface area contributed by atoms with Crippen LogP contribution < -0.4 is 5.48 Å². The summed E-state index contributed by atoms with van der Waals surface area (Å²) in [7, 11) is 0. The first-order valence-corrected chi connectivity index (χ1v) is 4.37. The Bertz CT molecular complexity index is 185. The molecule has 0 amide bonds. The number of allylic oxidation sites excluding steroid dienone is 1. The Morgan fingerprint density at radius 3 is 3.08 bits per heavy atom. The minimum Gasteiger partial charge on any atom is -0.276 e. The highest BCUT2D eigenvalue weighted by Gasteiger charge is 2.00. The lowest BCUT2D eigenvalue weighted by molar-refractivity contribution is 0.0415. The molecule has 0 atom stereocenters. The lowest BCUT2D eigenvalue weighted by Crippen LogP contribution is -2.18. The molecule has 68 valence electrons. The molecule has 1 aliphatic rings. The summed E-state index contributed by atoms with van der Waals surface area (Å²) in [6.45, 7) is 4.98. The molecule has 12 heavy (non-hydrogen) atoms. The zero-order valence-corrected chi connectivity index (χ0v) is 7.71. The van der Waals surface area contributed by atoms with E-state index >= 15 is 0 Å². The van der Waals surface area contributed by atoms with Gasteiger partial charge >= 0.3 is 0 Å². The molecule has 0 radical (unpaired) electrons. The monoisotopic (exact) mass is 168 g/mol. The number of nitrogens with zero attached hydrogens (tertiary/aromatic N) is 1. The van der Waals surface area contributed by atoms with E-state index in [1.807, 2.05) is 12.4 Å². The Hall–Kier alpha value is -0.830. The van der Waals surface area contributed by atoms with Crippen LogP contribution in [0.3, 0.4) is 0 Å². The SMILES string of the molecule is CC(C)CONC1=CN=CCC1. The van der Waals surface area contributed by atoms with E-state index in [-0.39, 0.29) is 0 Å². The first-order valence-electron chi connectivity index (χ1n) is 4.37. The van der Waals surface area contributed by atoms with E-state index in [0.29, 0.717) is 5.92 Å². The van der Waals surface area contributed by atoms with E-state index in [0.717, 1.165) is 25.1 Å². The number of hydroxylamine groups is 1. The van der Waals surface area contributed by atoms with Crippen molar-refractivity contribution in [2.75, 3.05) is 6.61 Å². The maximum atomic E-state index is 5.24. The molecule has 1 N–H and O–H groups in total. The van der Waals surface area contributed by atoms with Crippen LogP contribution in [0.5, 0.6) is 0 Å². The molecule has 0 aromatic rings. The topological polar surface area (TPSA) is 33.6 Å². The van der Waals surface area contributed by atoms with Crippen LogP contribution in [0.25, 0.3) is 0 Å². The van der Waals surface area contributed by atoms with Crippen molar-refractivity contribution in [2.24, 2.45) is 10.9 Å². The van der Waals surface area contributed by atoms with E-state index in [1.165, 1.54) is 0 Å². The second kappa shape index (κ2) is 4.93. The van der Waals surface area contributed by atoms with Crippen LogP contribution in [0, 0.1) is 5.92 Å². The average Bonchev–Trinajstić information content (AvgIpc) is 2.05. The van der Waals surface area contributed by atoms with Crippen molar-refractivity contribution in [1.29, 1.82) is 0 Å². The van der Waals surface area contributed by atoms with Gasteiger partial charge in [-0.1, -0.05) is 13.8 Å². The Morgan fingerprint density at radius 1 is 1.67 bits per heavy atom. The van der Waals surface area contributed by atoms with Gasteiger partial charge in [-0.2, -0.15) is 0 Å². The van der Waals surface area contributed by atoms with Gasteiger partial charge in [-0.3, -0.25) is 15.3 Å². The van der Waals surface area contributed by atoms with E-state index in [4.69, 9.17) is 4.84 Å². The molecule has 0 aliphatic carbocycles.